The summed E-state index contributed by atoms with van der Waals surface area (Å²) in [5, 5.41) is 0. The number of unbranched alkanes of at least 4 members (excludes halogenated alkanes) is 2. The maximum absolute atomic E-state index is 11.8. The van der Waals surface area contributed by atoms with E-state index in [-0.39, 0.29) is 18.7 Å². The van der Waals surface area contributed by atoms with E-state index in [9.17, 15) is 4.79 Å². The number of carbonyl (C=O) groups excluding carboxylic acids is 1. The molecule has 1 heterocycles. The minimum Gasteiger partial charge on any atom is -0.480 e. The van der Waals surface area contributed by atoms with Gasteiger partial charge in [0.25, 0.3) is 0 Å². The van der Waals surface area contributed by atoms with E-state index in [1.54, 1.807) is 16.8 Å². The van der Waals surface area contributed by atoms with Crippen LogP contribution in [-0.4, -0.2) is 23.7 Å². The van der Waals surface area contributed by atoms with Crippen LogP contribution >= 0.6 is 11.3 Å². The minimum atomic E-state index is -0.328. The fourth-order valence-corrected chi connectivity index (χ4v) is 2.81. The summed E-state index contributed by atoms with van der Waals surface area (Å²) in [5.74, 6) is 0.301. The van der Waals surface area contributed by atoms with Gasteiger partial charge in [-0.15, -0.1) is 11.3 Å². The summed E-state index contributed by atoms with van der Waals surface area (Å²) in [6.07, 6.45) is 4.28. The number of esters is 1. The van der Waals surface area contributed by atoms with E-state index in [0.29, 0.717) is 5.75 Å². The fourth-order valence-electron chi connectivity index (χ4n) is 2.11. The number of hydrogen-bond donors (Lipinski definition) is 0. The third kappa shape index (κ3) is 4.70. The quantitative estimate of drug-likeness (QED) is 0.542. The van der Waals surface area contributed by atoms with Crippen LogP contribution in [0.3, 0.4) is 0 Å². The molecular weight excluding hydrogens is 286 g/mol. The molecule has 0 radical (unpaired) electrons. The Bertz CT molecular complexity index is 582. The number of hydrogen-bond acceptors (Lipinski definition) is 5. The lowest BCUT2D eigenvalue weighted by atomic mass is 10.1. The van der Waals surface area contributed by atoms with Crippen LogP contribution in [0.5, 0.6) is 5.75 Å². The molecule has 1 unspecified atom stereocenters. The lowest BCUT2D eigenvalue weighted by Gasteiger charge is -2.13. The standard InChI is InChI=1S/C16H21NO3S/c1-3-4-5-7-12(2)20-15(18)10-19-13-8-6-9-14-16(13)17-11-21-14/h6,8-9,11-12H,3-5,7,10H2,1-2H3. The summed E-state index contributed by atoms with van der Waals surface area (Å²) < 4.78 is 11.9. The number of nitrogens with zero attached hydrogens (tertiary/aromatic N) is 1. The second-order valence-corrected chi connectivity index (χ2v) is 5.93. The van der Waals surface area contributed by atoms with Crippen molar-refractivity contribution in [2.75, 3.05) is 6.61 Å². The highest BCUT2D eigenvalue weighted by atomic mass is 32.1. The number of rotatable bonds is 8. The number of carbonyl (C=O) groups is 1. The summed E-state index contributed by atoms with van der Waals surface area (Å²) in [7, 11) is 0. The van der Waals surface area contributed by atoms with Gasteiger partial charge in [0.2, 0.25) is 0 Å². The molecule has 1 aromatic carbocycles. The van der Waals surface area contributed by atoms with Gasteiger partial charge in [-0.25, -0.2) is 9.78 Å². The molecule has 1 aromatic heterocycles. The Labute approximate surface area is 129 Å². The van der Waals surface area contributed by atoms with Crippen molar-refractivity contribution in [1.82, 2.24) is 4.98 Å². The molecule has 4 nitrogen and oxygen atoms in total. The van der Waals surface area contributed by atoms with Gasteiger partial charge >= 0.3 is 5.97 Å². The van der Waals surface area contributed by atoms with Crippen molar-refractivity contribution in [1.29, 1.82) is 0 Å². The first-order valence-corrected chi connectivity index (χ1v) is 8.23. The molecule has 2 rings (SSSR count). The number of para-hydroxylation sites is 1. The first-order chi connectivity index (χ1) is 10.2. The zero-order chi connectivity index (χ0) is 15.1. The highest BCUT2D eigenvalue weighted by Gasteiger charge is 2.11. The van der Waals surface area contributed by atoms with E-state index in [4.69, 9.17) is 9.47 Å². The second-order valence-electron chi connectivity index (χ2n) is 5.04. The van der Waals surface area contributed by atoms with Gasteiger partial charge in [-0.1, -0.05) is 25.8 Å². The average molecular weight is 307 g/mol. The zero-order valence-corrected chi connectivity index (χ0v) is 13.3. The van der Waals surface area contributed by atoms with Crippen molar-refractivity contribution in [2.45, 2.75) is 45.6 Å². The molecule has 0 bridgehead atoms. The summed E-state index contributed by atoms with van der Waals surface area (Å²) in [6, 6.07) is 5.70. The lowest BCUT2D eigenvalue weighted by molar-refractivity contribution is -0.150. The fraction of sp³-hybridized carbons (Fsp3) is 0.500. The number of aromatic nitrogens is 1. The van der Waals surface area contributed by atoms with Crippen LogP contribution < -0.4 is 4.74 Å². The molecule has 0 aliphatic carbocycles. The van der Waals surface area contributed by atoms with Crippen molar-refractivity contribution in [3.05, 3.63) is 23.7 Å². The van der Waals surface area contributed by atoms with Crippen LogP contribution in [0.4, 0.5) is 0 Å². The van der Waals surface area contributed by atoms with Crippen LogP contribution in [0, 0.1) is 0 Å². The van der Waals surface area contributed by atoms with E-state index in [1.165, 1.54) is 12.8 Å². The molecule has 2 aromatic rings. The van der Waals surface area contributed by atoms with Gasteiger partial charge < -0.3 is 9.47 Å². The summed E-state index contributed by atoms with van der Waals surface area (Å²) >= 11 is 1.55. The molecule has 0 spiro atoms. The van der Waals surface area contributed by atoms with Crippen LogP contribution in [0.1, 0.15) is 39.5 Å². The highest BCUT2D eigenvalue weighted by Crippen LogP contribution is 2.26. The SMILES string of the molecule is CCCCCC(C)OC(=O)COc1cccc2scnc12. The van der Waals surface area contributed by atoms with Gasteiger partial charge in [0.15, 0.2) is 6.61 Å². The molecule has 0 saturated heterocycles. The van der Waals surface area contributed by atoms with Gasteiger partial charge in [0.1, 0.15) is 11.3 Å². The first kappa shape index (κ1) is 15.8. The zero-order valence-electron chi connectivity index (χ0n) is 12.5. The van der Waals surface area contributed by atoms with Crippen molar-refractivity contribution in [3.8, 4) is 5.75 Å². The Hall–Kier alpha value is -1.62. The second kappa shape index (κ2) is 7.98. The van der Waals surface area contributed by atoms with Gasteiger partial charge in [-0.2, -0.15) is 0 Å². The molecular formula is C16H21NO3S. The smallest absolute Gasteiger partial charge is 0.344 e. The van der Waals surface area contributed by atoms with Gasteiger partial charge in [-0.05, 0) is 31.9 Å². The van der Waals surface area contributed by atoms with Crippen molar-refractivity contribution >= 4 is 27.5 Å². The van der Waals surface area contributed by atoms with Crippen molar-refractivity contribution < 1.29 is 14.3 Å². The van der Waals surface area contributed by atoms with Crippen LogP contribution in [0.15, 0.2) is 23.7 Å². The molecule has 5 heteroatoms. The van der Waals surface area contributed by atoms with E-state index in [1.807, 2.05) is 25.1 Å². The van der Waals surface area contributed by atoms with Crippen LogP contribution in [0.2, 0.25) is 0 Å². The molecule has 0 fully saturated rings. The number of benzene rings is 1. The predicted octanol–water partition coefficient (Wildman–Crippen LogP) is 4.19. The summed E-state index contributed by atoms with van der Waals surface area (Å²) in [4.78, 5) is 16.0. The van der Waals surface area contributed by atoms with E-state index in [0.717, 1.165) is 23.1 Å². The van der Waals surface area contributed by atoms with Gasteiger partial charge in [0, 0.05) is 0 Å². The Morgan fingerprint density at radius 3 is 3.05 bits per heavy atom. The van der Waals surface area contributed by atoms with E-state index < -0.39 is 0 Å². The average Bonchev–Trinajstić information content (AvgIpc) is 2.94. The number of fused-ring (bicyclic) bond motifs is 1. The maximum atomic E-state index is 11.8. The molecule has 114 valence electrons. The first-order valence-electron chi connectivity index (χ1n) is 7.35. The Balaban J connectivity index is 1.80. The largest absolute Gasteiger partial charge is 0.480 e. The van der Waals surface area contributed by atoms with Crippen LogP contribution in [-0.2, 0) is 9.53 Å². The Kier molecular flexibility index (Phi) is 5.99. The summed E-state index contributed by atoms with van der Waals surface area (Å²) in [6.45, 7) is 4.01. The highest BCUT2D eigenvalue weighted by molar-refractivity contribution is 7.16. The molecule has 0 N–H and O–H groups in total. The predicted molar refractivity (Wildman–Crippen MR) is 84.8 cm³/mol. The lowest BCUT2D eigenvalue weighted by Crippen LogP contribution is -2.20. The normalized spacial score (nSPS) is 12.3. The van der Waals surface area contributed by atoms with Crippen molar-refractivity contribution in [2.24, 2.45) is 0 Å². The molecule has 0 amide bonds. The third-order valence-electron chi connectivity index (χ3n) is 3.22. The third-order valence-corrected chi connectivity index (χ3v) is 4.01. The van der Waals surface area contributed by atoms with Gasteiger partial charge in [-0.3, -0.25) is 0 Å². The summed E-state index contributed by atoms with van der Waals surface area (Å²) in [5.41, 5.74) is 2.57. The van der Waals surface area contributed by atoms with E-state index in [2.05, 4.69) is 11.9 Å². The van der Waals surface area contributed by atoms with Crippen LogP contribution in [0.25, 0.3) is 10.2 Å². The minimum absolute atomic E-state index is 0.0530. The molecule has 1 atom stereocenters. The molecule has 21 heavy (non-hydrogen) atoms. The monoisotopic (exact) mass is 307 g/mol. The van der Waals surface area contributed by atoms with Gasteiger partial charge in [0.05, 0.1) is 16.3 Å². The topological polar surface area (TPSA) is 48.4 Å². The Morgan fingerprint density at radius 1 is 1.38 bits per heavy atom. The van der Waals surface area contributed by atoms with E-state index >= 15 is 0 Å². The molecule has 0 saturated carbocycles. The molecule has 0 aliphatic heterocycles. The Morgan fingerprint density at radius 2 is 2.24 bits per heavy atom. The van der Waals surface area contributed by atoms with Crippen molar-refractivity contribution in [3.63, 3.8) is 0 Å². The molecule has 0 aliphatic rings. The maximum Gasteiger partial charge on any atom is 0.344 e. The number of thiazole rings is 1. The number of ether oxygens (including phenoxy) is 2.